The van der Waals surface area contributed by atoms with Gasteiger partial charge in [0, 0.05) is 19.6 Å². The number of aromatic nitrogens is 2. The highest BCUT2D eigenvalue weighted by Crippen LogP contribution is 2.27. The Bertz CT molecular complexity index is 1190. The van der Waals surface area contributed by atoms with E-state index < -0.39 is 16.1 Å². The molecule has 4 rings (SSSR count). The molecule has 0 saturated carbocycles. The largest absolute Gasteiger partial charge is 0.497 e. The molecule has 164 valence electrons. The molecule has 1 fully saturated rings. The summed E-state index contributed by atoms with van der Waals surface area (Å²) in [5, 5.41) is 2.91. The zero-order valence-corrected chi connectivity index (χ0v) is 18.4. The molecular weight excluding hydrogens is 416 g/mol. The van der Waals surface area contributed by atoms with Crippen molar-refractivity contribution in [1.82, 2.24) is 19.2 Å². The molecule has 9 heteroatoms. The van der Waals surface area contributed by atoms with Gasteiger partial charge in [-0.2, -0.15) is 4.31 Å². The molecule has 1 unspecified atom stereocenters. The number of para-hydroxylation sites is 2. The van der Waals surface area contributed by atoms with Crippen molar-refractivity contribution in [2.45, 2.75) is 37.2 Å². The Morgan fingerprint density at radius 2 is 1.94 bits per heavy atom. The van der Waals surface area contributed by atoms with E-state index >= 15 is 0 Å². The average molecular weight is 443 g/mol. The van der Waals surface area contributed by atoms with Crippen LogP contribution in [-0.2, 0) is 21.4 Å². The number of nitrogens with zero attached hydrogens (tertiary/aromatic N) is 3. The fourth-order valence-electron chi connectivity index (χ4n) is 4.06. The summed E-state index contributed by atoms with van der Waals surface area (Å²) in [6, 6.07) is 13.4. The lowest BCUT2D eigenvalue weighted by Crippen LogP contribution is -2.46. The van der Waals surface area contributed by atoms with Gasteiger partial charge in [0.15, 0.2) is 0 Å². The normalized spacial score (nSPS) is 17.2. The number of nitrogens with one attached hydrogen (secondary N) is 1. The zero-order valence-electron chi connectivity index (χ0n) is 17.6. The first kappa shape index (κ1) is 21.3. The Labute approximate surface area is 181 Å². The molecular formula is C22H26N4O4S. The van der Waals surface area contributed by atoms with Crippen molar-refractivity contribution in [2.75, 3.05) is 20.2 Å². The number of sulfonamides is 1. The number of hydrogen-bond acceptors (Lipinski definition) is 5. The van der Waals surface area contributed by atoms with E-state index in [1.165, 1.54) is 23.5 Å². The number of ether oxygens (including phenoxy) is 1. The van der Waals surface area contributed by atoms with E-state index in [4.69, 9.17) is 4.74 Å². The third kappa shape index (κ3) is 4.15. The first-order valence-corrected chi connectivity index (χ1v) is 11.7. The average Bonchev–Trinajstić information content (AvgIpc) is 3.39. The first-order valence-electron chi connectivity index (χ1n) is 10.3. The maximum atomic E-state index is 13.1. The van der Waals surface area contributed by atoms with Crippen LogP contribution in [0.2, 0.25) is 0 Å². The molecule has 1 N–H and O–H groups in total. The Kier molecular flexibility index (Phi) is 5.97. The van der Waals surface area contributed by atoms with Crippen LogP contribution in [-0.4, -0.2) is 54.4 Å². The quantitative estimate of drug-likeness (QED) is 0.606. The summed E-state index contributed by atoms with van der Waals surface area (Å²) >= 11 is 0. The van der Waals surface area contributed by atoms with Crippen LogP contribution in [0.4, 0.5) is 0 Å². The third-order valence-electron chi connectivity index (χ3n) is 5.65. The first-order chi connectivity index (χ1) is 14.9. The fraction of sp³-hybridized carbons (Fsp3) is 0.364. The second kappa shape index (κ2) is 8.68. The number of aryl methyl sites for hydroxylation is 1. The number of benzene rings is 2. The van der Waals surface area contributed by atoms with Gasteiger partial charge >= 0.3 is 0 Å². The minimum Gasteiger partial charge on any atom is -0.497 e. The highest BCUT2D eigenvalue weighted by molar-refractivity contribution is 7.89. The molecule has 0 radical (unpaired) electrons. The van der Waals surface area contributed by atoms with Gasteiger partial charge < -0.3 is 14.6 Å². The van der Waals surface area contributed by atoms with Crippen molar-refractivity contribution in [2.24, 2.45) is 0 Å². The summed E-state index contributed by atoms with van der Waals surface area (Å²) in [6.45, 7) is 3.22. The van der Waals surface area contributed by atoms with Gasteiger partial charge in [0.25, 0.3) is 0 Å². The van der Waals surface area contributed by atoms with Crippen molar-refractivity contribution in [1.29, 1.82) is 0 Å². The highest BCUT2D eigenvalue weighted by atomic mass is 32.2. The van der Waals surface area contributed by atoms with Crippen LogP contribution in [0.25, 0.3) is 11.0 Å². The molecule has 1 aliphatic rings. The van der Waals surface area contributed by atoms with Crippen molar-refractivity contribution in [3.05, 3.63) is 54.4 Å². The lowest BCUT2D eigenvalue weighted by atomic mass is 10.2. The highest BCUT2D eigenvalue weighted by Gasteiger charge is 2.39. The lowest BCUT2D eigenvalue weighted by molar-refractivity contribution is -0.124. The standard InChI is InChI=1S/C22H26N4O4S/c1-16-24-19-6-3-4-7-20(19)25(16)15-13-23-22(27)21-8-5-14-26(21)31(28,29)18-11-9-17(30-2)10-12-18/h3-4,6-7,9-12,21H,5,8,13-15H2,1-2H3,(H,23,27). The summed E-state index contributed by atoms with van der Waals surface area (Å²) in [4.78, 5) is 17.5. The summed E-state index contributed by atoms with van der Waals surface area (Å²) in [5.41, 5.74) is 1.93. The number of rotatable bonds is 7. The molecule has 0 bridgehead atoms. The van der Waals surface area contributed by atoms with Crippen molar-refractivity contribution in [3.63, 3.8) is 0 Å². The van der Waals surface area contributed by atoms with E-state index in [0.717, 1.165) is 16.9 Å². The molecule has 1 amide bonds. The van der Waals surface area contributed by atoms with Gasteiger partial charge in [-0.1, -0.05) is 12.1 Å². The van der Waals surface area contributed by atoms with Gasteiger partial charge in [0.05, 0.1) is 23.0 Å². The van der Waals surface area contributed by atoms with Crippen LogP contribution in [0.3, 0.4) is 0 Å². The SMILES string of the molecule is COc1ccc(S(=O)(=O)N2CCCC2C(=O)NCCn2c(C)nc3ccccc32)cc1. The number of imidazole rings is 1. The number of carbonyl (C=O) groups excluding carboxylic acids is 1. The molecule has 3 aromatic rings. The van der Waals surface area contributed by atoms with Crippen LogP contribution in [0, 0.1) is 6.92 Å². The summed E-state index contributed by atoms with van der Waals surface area (Å²) in [5.74, 6) is 1.19. The van der Waals surface area contributed by atoms with Crippen molar-refractivity contribution >= 4 is 27.0 Å². The predicted octanol–water partition coefficient (Wildman–Crippen LogP) is 2.32. The maximum Gasteiger partial charge on any atom is 0.243 e. The van der Waals surface area contributed by atoms with Crippen molar-refractivity contribution < 1.29 is 17.9 Å². The van der Waals surface area contributed by atoms with Crippen LogP contribution in [0.15, 0.2) is 53.4 Å². The molecule has 8 nitrogen and oxygen atoms in total. The Hall–Kier alpha value is -2.91. The van der Waals surface area contributed by atoms with Crippen LogP contribution in [0.5, 0.6) is 5.75 Å². The van der Waals surface area contributed by atoms with E-state index in [1.807, 2.05) is 31.2 Å². The molecule has 1 saturated heterocycles. The molecule has 0 spiro atoms. The number of carbonyl (C=O) groups is 1. The van der Waals surface area contributed by atoms with Gasteiger partial charge in [0.1, 0.15) is 17.6 Å². The fourth-order valence-corrected chi connectivity index (χ4v) is 5.72. The van der Waals surface area contributed by atoms with Gasteiger partial charge in [-0.05, 0) is 56.2 Å². The third-order valence-corrected chi connectivity index (χ3v) is 7.57. The van der Waals surface area contributed by atoms with Crippen LogP contribution in [0.1, 0.15) is 18.7 Å². The summed E-state index contributed by atoms with van der Waals surface area (Å²) in [7, 11) is -2.23. The number of methoxy groups -OCH3 is 1. The minimum absolute atomic E-state index is 0.161. The molecule has 1 aliphatic heterocycles. The van der Waals surface area contributed by atoms with E-state index in [1.54, 1.807) is 12.1 Å². The number of hydrogen-bond donors (Lipinski definition) is 1. The number of amides is 1. The topological polar surface area (TPSA) is 93.5 Å². The number of fused-ring (bicyclic) bond motifs is 1. The van der Waals surface area contributed by atoms with Gasteiger partial charge in [-0.25, -0.2) is 13.4 Å². The van der Waals surface area contributed by atoms with E-state index in [0.29, 0.717) is 38.2 Å². The molecule has 31 heavy (non-hydrogen) atoms. The predicted molar refractivity (Wildman–Crippen MR) is 117 cm³/mol. The summed E-state index contributed by atoms with van der Waals surface area (Å²) in [6.07, 6.45) is 1.16. The smallest absolute Gasteiger partial charge is 0.243 e. The Morgan fingerprint density at radius 1 is 1.19 bits per heavy atom. The monoisotopic (exact) mass is 442 g/mol. The molecule has 2 heterocycles. The second-order valence-electron chi connectivity index (χ2n) is 7.54. The molecule has 0 aliphatic carbocycles. The minimum atomic E-state index is -3.76. The van der Waals surface area contributed by atoms with E-state index in [9.17, 15) is 13.2 Å². The van der Waals surface area contributed by atoms with Gasteiger partial charge in [0.2, 0.25) is 15.9 Å². The second-order valence-corrected chi connectivity index (χ2v) is 9.43. The van der Waals surface area contributed by atoms with Crippen LogP contribution >= 0.6 is 0 Å². The van der Waals surface area contributed by atoms with Crippen LogP contribution < -0.4 is 10.1 Å². The van der Waals surface area contributed by atoms with E-state index in [2.05, 4.69) is 14.9 Å². The summed E-state index contributed by atoms with van der Waals surface area (Å²) < 4.78 is 34.6. The Morgan fingerprint density at radius 3 is 2.68 bits per heavy atom. The van der Waals surface area contributed by atoms with Crippen molar-refractivity contribution in [3.8, 4) is 5.75 Å². The Balaban J connectivity index is 1.43. The molecule has 1 aromatic heterocycles. The molecule has 2 aromatic carbocycles. The zero-order chi connectivity index (χ0) is 22.0. The lowest BCUT2D eigenvalue weighted by Gasteiger charge is -2.23. The molecule has 1 atom stereocenters. The van der Waals surface area contributed by atoms with E-state index in [-0.39, 0.29) is 10.8 Å². The van der Waals surface area contributed by atoms with Gasteiger partial charge in [-0.3, -0.25) is 4.79 Å². The maximum absolute atomic E-state index is 13.1. The van der Waals surface area contributed by atoms with Gasteiger partial charge in [-0.15, -0.1) is 0 Å².